The maximum atomic E-state index is 12.0. The van der Waals surface area contributed by atoms with Crippen LogP contribution in [-0.2, 0) is 5.75 Å². The van der Waals surface area contributed by atoms with Crippen LogP contribution in [0, 0.1) is 5.92 Å². The van der Waals surface area contributed by atoms with Gasteiger partial charge in [-0.15, -0.1) is 0 Å². The van der Waals surface area contributed by atoms with E-state index in [2.05, 4.69) is 31.5 Å². The summed E-state index contributed by atoms with van der Waals surface area (Å²) >= 11 is 1.77. The van der Waals surface area contributed by atoms with Crippen LogP contribution in [0.1, 0.15) is 42.6 Å². The second-order valence-electron chi connectivity index (χ2n) is 4.53. The van der Waals surface area contributed by atoms with Crippen molar-refractivity contribution in [2.75, 3.05) is 12.8 Å². The average molecular weight is 265 g/mol. The van der Waals surface area contributed by atoms with Crippen molar-refractivity contribution < 1.29 is 4.79 Å². The highest BCUT2D eigenvalue weighted by Gasteiger charge is 2.08. The van der Waals surface area contributed by atoms with Gasteiger partial charge in [0.05, 0.1) is 0 Å². The summed E-state index contributed by atoms with van der Waals surface area (Å²) in [5.41, 5.74) is 1.98. The molecule has 0 aromatic heterocycles. The lowest BCUT2D eigenvalue weighted by atomic mass is 10.0. The Balaban J connectivity index is 2.58. The molecule has 3 heteroatoms. The third kappa shape index (κ3) is 4.73. The van der Waals surface area contributed by atoms with Gasteiger partial charge in [0.1, 0.15) is 0 Å². The van der Waals surface area contributed by atoms with Gasteiger partial charge in [-0.05, 0) is 29.9 Å². The molecule has 0 aliphatic heterocycles. The molecule has 0 fully saturated rings. The Morgan fingerprint density at radius 3 is 2.67 bits per heavy atom. The number of amides is 1. The number of hydrogen-bond donors (Lipinski definition) is 1. The van der Waals surface area contributed by atoms with Gasteiger partial charge < -0.3 is 5.32 Å². The Morgan fingerprint density at radius 1 is 1.33 bits per heavy atom. The minimum Gasteiger partial charge on any atom is -0.352 e. The van der Waals surface area contributed by atoms with E-state index in [-0.39, 0.29) is 5.91 Å². The zero-order valence-electron chi connectivity index (χ0n) is 11.5. The number of carbonyl (C=O) groups is 1. The molecule has 0 saturated carbocycles. The molecule has 0 aliphatic rings. The van der Waals surface area contributed by atoms with Gasteiger partial charge >= 0.3 is 0 Å². The number of thioether (sulfide) groups is 1. The van der Waals surface area contributed by atoms with Crippen molar-refractivity contribution in [3.63, 3.8) is 0 Å². The van der Waals surface area contributed by atoms with Crippen LogP contribution in [0.3, 0.4) is 0 Å². The Bertz CT molecular complexity index is 375. The molecule has 1 N–H and O–H groups in total. The van der Waals surface area contributed by atoms with Gasteiger partial charge in [-0.1, -0.05) is 38.8 Å². The van der Waals surface area contributed by atoms with Crippen molar-refractivity contribution in [3.8, 4) is 0 Å². The van der Waals surface area contributed by atoms with Crippen LogP contribution in [0.4, 0.5) is 0 Å². The first-order chi connectivity index (χ1) is 8.71. The summed E-state index contributed by atoms with van der Waals surface area (Å²) in [6.45, 7) is 5.11. The first-order valence-electron chi connectivity index (χ1n) is 6.57. The van der Waals surface area contributed by atoms with E-state index < -0.39 is 0 Å². The molecular formula is C15H23NOS. The Kier molecular flexibility index (Phi) is 6.88. The second kappa shape index (κ2) is 8.20. The van der Waals surface area contributed by atoms with E-state index in [1.807, 2.05) is 18.2 Å². The summed E-state index contributed by atoms with van der Waals surface area (Å²) in [5, 5.41) is 3.02. The number of nitrogens with one attached hydrogen (secondary N) is 1. The van der Waals surface area contributed by atoms with E-state index in [0.29, 0.717) is 5.92 Å². The van der Waals surface area contributed by atoms with Crippen LogP contribution in [0.2, 0.25) is 0 Å². The van der Waals surface area contributed by atoms with E-state index in [1.54, 1.807) is 11.8 Å². The standard InChI is InChI=1S/C15H23NOS/c1-4-12(5-2)10-16-15(17)14-8-6-7-13(9-14)11-18-3/h6-9,12H,4-5,10-11H2,1-3H3,(H,16,17). The van der Waals surface area contributed by atoms with Gasteiger partial charge in [-0.25, -0.2) is 0 Å². The summed E-state index contributed by atoms with van der Waals surface area (Å²) in [6.07, 6.45) is 4.30. The fourth-order valence-electron chi connectivity index (χ4n) is 1.89. The minimum atomic E-state index is 0.0462. The molecule has 0 aliphatic carbocycles. The van der Waals surface area contributed by atoms with Crippen molar-refractivity contribution in [2.24, 2.45) is 5.92 Å². The zero-order valence-corrected chi connectivity index (χ0v) is 12.3. The maximum absolute atomic E-state index is 12.0. The van der Waals surface area contributed by atoms with Crippen molar-refractivity contribution in [1.82, 2.24) is 5.32 Å². The Hall–Kier alpha value is -0.960. The van der Waals surface area contributed by atoms with Crippen LogP contribution >= 0.6 is 11.8 Å². The van der Waals surface area contributed by atoms with Crippen molar-refractivity contribution in [3.05, 3.63) is 35.4 Å². The largest absolute Gasteiger partial charge is 0.352 e. The fourth-order valence-corrected chi connectivity index (χ4v) is 2.40. The Labute approximate surface area is 115 Å². The number of rotatable bonds is 7. The number of benzene rings is 1. The van der Waals surface area contributed by atoms with Crippen molar-refractivity contribution in [2.45, 2.75) is 32.4 Å². The van der Waals surface area contributed by atoms with E-state index in [4.69, 9.17) is 0 Å². The molecule has 0 spiro atoms. The molecule has 1 rings (SSSR count). The first kappa shape index (κ1) is 15.1. The van der Waals surface area contributed by atoms with Crippen LogP contribution in [0.15, 0.2) is 24.3 Å². The highest BCUT2D eigenvalue weighted by molar-refractivity contribution is 7.97. The van der Waals surface area contributed by atoms with Gasteiger partial charge in [0.2, 0.25) is 0 Å². The highest BCUT2D eigenvalue weighted by Crippen LogP contribution is 2.12. The number of carbonyl (C=O) groups excluding carboxylic acids is 1. The summed E-state index contributed by atoms with van der Waals surface area (Å²) in [7, 11) is 0. The molecule has 0 saturated heterocycles. The van der Waals surface area contributed by atoms with Gasteiger partial charge in [-0.3, -0.25) is 4.79 Å². The monoisotopic (exact) mass is 265 g/mol. The topological polar surface area (TPSA) is 29.1 Å². The molecule has 18 heavy (non-hydrogen) atoms. The molecule has 0 bridgehead atoms. The quantitative estimate of drug-likeness (QED) is 0.814. The van der Waals surface area contributed by atoms with E-state index in [9.17, 15) is 4.79 Å². The smallest absolute Gasteiger partial charge is 0.251 e. The van der Waals surface area contributed by atoms with Crippen LogP contribution in [-0.4, -0.2) is 18.7 Å². The molecular weight excluding hydrogens is 242 g/mol. The lowest BCUT2D eigenvalue weighted by molar-refractivity contribution is 0.0946. The highest BCUT2D eigenvalue weighted by atomic mass is 32.2. The predicted molar refractivity (Wildman–Crippen MR) is 80.1 cm³/mol. The zero-order chi connectivity index (χ0) is 13.4. The molecule has 0 radical (unpaired) electrons. The van der Waals surface area contributed by atoms with E-state index in [1.165, 1.54) is 5.56 Å². The third-order valence-electron chi connectivity index (χ3n) is 3.21. The predicted octanol–water partition coefficient (Wildman–Crippen LogP) is 3.72. The van der Waals surface area contributed by atoms with Gasteiger partial charge in [0.15, 0.2) is 0 Å². The van der Waals surface area contributed by atoms with Crippen molar-refractivity contribution in [1.29, 1.82) is 0 Å². The normalized spacial score (nSPS) is 10.7. The molecule has 1 aromatic carbocycles. The Morgan fingerprint density at radius 2 is 2.06 bits per heavy atom. The van der Waals surface area contributed by atoms with Gasteiger partial charge in [0.25, 0.3) is 5.91 Å². The first-order valence-corrected chi connectivity index (χ1v) is 7.96. The summed E-state index contributed by atoms with van der Waals surface area (Å²) in [4.78, 5) is 12.0. The molecule has 100 valence electrons. The summed E-state index contributed by atoms with van der Waals surface area (Å²) in [6, 6.07) is 7.89. The maximum Gasteiger partial charge on any atom is 0.251 e. The molecule has 1 amide bonds. The van der Waals surface area contributed by atoms with Crippen LogP contribution in [0.25, 0.3) is 0 Å². The fraction of sp³-hybridized carbons (Fsp3) is 0.533. The van der Waals surface area contributed by atoms with E-state index in [0.717, 1.165) is 30.7 Å². The summed E-state index contributed by atoms with van der Waals surface area (Å²) < 4.78 is 0. The molecule has 0 atom stereocenters. The van der Waals surface area contributed by atoms with Crippen molar-refractivity contribution >= 4 is 17.7 Å². The lowest BCUT2D eigenvalue weighted by Crippen LogP contribution is -2.28. The van der Waals surface area contributed by atoms with Crippen LogP contribution in [0.5, 0.6) is 0 Å². The summed E-state index contributed by atoms with van der Waals surface area (Å²) in [5.74, 6) is 1.58. The third-order valence-corrected chi connectivity index (χ3v) is 3.83. The average Bonchev–Trinajstić information content (AvgIpc) is 2.40. The molecule has 0 heterocycles. The molecule has 1 aromatic rings. The lowest BCUT2D eigenvalue weighted by Gasteiger charge is -2.13. The molecule has 2 nitrogen and oxygen atoms in total. The van der Waals surface area contributed by atoms with E-state index >= 15 is 0 Å². The number of hydrogen-bond acceptors (Lipinski definition) is 2. The molecule has 0 unspecified atom stereocenters. The van der Waals surface area contributed by atoms with Crippen LogP contribution < -0.4 is 5.32 Å². The SMILES string of the molecule is CCC(CC)CNC(=O)c1cccc(CSC)c1. The second-order valence-corrected chi connectivity index (χ2v) is 5.39. The minimum absolute atomic E-state index is 0.0462. The van der Waals surface area contributed by atoms with Gasteiger partial charge in [0, 0.05) is 17.9 Å². The van der Waals surface area contributed by atoms with Gasteiger partial charge in [-0.2, -0.15) is 11.8 Å².